The molecule has 0 amide bonds. The summed E-state index contributed by atoms with van der Waals surface area (Å²) in [6.07, 6.45) is -24.4. The van der Waals surface area contributed by atoms with Crippen LogP contribution in [0.2, 0.25) is 0 Å². The molecule has 0 saturated carbocycles. The van der Waals surface area contributed by atoms with E-state index in [0.29, 0.717) is 5.56 Å². The summed E-state index contributed by atoms with van der Waals surface area (Å²) in [4.78, 5) is 0. The van der Waals surface area contributed by atoms with E-state index in [1.54, 1.807) is 0 Å². The lowest BCUT2D eigenvalue weighted by molar-refractivity contribution is -0.369. The van der Waals surface area contributed by atoms with Crippen LogP contribution in [-0.4, -0.2) is 171 Å². The number of benzene rings is 2. The third-order valence-electron chi connectivity index (χ3n) is 9.42. The van der Waals surface area contributed by atoms with Gasteiger partial charge in [0.2, 0.25) is 6.29 Å². The summed E-state index contributed by atoms with van der Waals surface area (Å²) in [6.45, 7) is 0.0361. The highest BCUT2D eigenvalue weighted by Crippen LogP contribution is 2.46. The Morgan fingerprint density at radius 2 is 1.31 bits per heavy atom. The van der Waals surface area contributed by atoms with E-state index in [4.69, 9.17) is 28.4 Å². The average Bonchev–Trinajstić information content (AvgIpc) is 3.12. The molecule has 288 valence electrons. The van der Waals surface area contributed by atoms with Crippen molar-refractivity contribution in [1.29, 1.82) is 0 Å². The quantitative estimate of drug-likeness (QED) is 0.112. The van der Waals surface area contributed by atoms with Crippen LogP contribution < -0.4 is 0 Å². The molecule has 3 fully saturated rings. The molecule has 4 aliphatic heterocycles. The minimum absolute atomic E-state index is 0.0492. The van der Waals surface area contributed by atoms with Crippen molar-refractivity contribution in [3.63, 3.8) is 0 Å². The lowest BCUT2D eigenvalue weighted by atomic mass is 9.97. The molecule has 4 heterocycles. The Morgan fingerprint density at radius 1 is 0.673 bits per heavy atom. The number of phenolic OH excluding ortho intramolecular Hbond substituents is 3. The summed E-state index contributed by atoms with van der Waals surface area (Å²) >= 11 is 0. The van der Waals surface area contributed by atoms with Crippen LogP contribution in [0.4, 0.5) is 0 Å². The number of fused-ring (bicyclic) bond motifs is 1. The molecule has 0 bridgehead atoms. The Balaban J connectivity index is 1.33. The van der Waals surface area contributed by atoms with Gasteiger partial charge in [-0.2, -0.15) is 0 Å². The number of aliphatic hydroxyl groups is 10. The van der Waals surface area contributed by atoms with Crippen molar-refractivity contribution in [2.45, 2.75) is 105 Å². The number of rotatable bonds is 9. The van der Waals surface area contributed by atoms with Crippen molar-refractivity contribution < 1.29 is 94.4 Å². The molecule has 2 aromatic rings. The lowest BCUT2D eigenvalue weighted by Gasteiger charge is -2.46. The topological polar surface area (TPSA) is 311 Å². The third-order valence-corrected chi connectivity index (χ3v) is 9.42. The van der Waals surface area contributed by atoms with Gasteiger partial charge in [-0.1, -0.05) is 0 Å². The minimum atomic E-state index is -1.94. The zero-order valence-electron chi connectivity index (χ0n) is 27.5. The molecule has 16 atom stereocenters. The number of ether oxygens (including phenoxy) is 7. The third kappa shape index (κ3) is 7.52. The summed E-state index contributed by atoms with van der Waals surface area (Å²) in [5, 5.41) is 125. The Hall–Kier alpha value is -3.38. The van der Waals surface area contributed by atoms with E-state index in [9.17, 15) is 61.3 Å². The van der Waals surface area contributed by atoms with Crippen LogP contribution in [0.1, 0.15) is 24.2 Å². The fraction of sp³-hybridized carbons (Fsp3) is 0.576. The zero-order chi connectivity index (χ0) is 37.6. The van der Waals surface area contributed by atoms with Crippen molar-refractivity contribution in [2.24, 2.45) is 0 Å². The fourth-order valence-electron chi connectivity index (χ4n) is 6.37. The van der Waals surface area contributed by atoms with Crippen LogP contribution in [0.3, 0.4) is 0 Å². The predicted octanol–water partition coefficient (Wildman–Crippen LogP) is -3.37. The first-order valence-electron chi connectivity index (χ1n) is 16.4. The number of aliphatic hydroxyl groups excluding tert-OH is 9. The van der Waals surface area contributed by atoms with Crippen LogP contribution in [0.25, 0.3) is 6.08 Å². The Labute approximate surface area is 295 Å². The van der Waals surface area contributed by atoms with E-state index < -0.39 is 111 Å². The maximum absolute atomic E-state index is 11.4. The van der Waals surface area contributed by atoms with Gasteiger partial charge in [0.25, 0.3) is 11.9 Å². The van der Waals surface area contributed by atoms with Crippen LogP contribution in [0, 0.1) is 0 Å². The number of hydrogen-bond donors (Lipinski definition) is 12. The fourth-order valence-corrected chi connectivity index (χ4v) is 6.37. The summed E-state index contributed by atoms with van der Waals surface area (Å²) in [5.74, 6) is -0.609. The van der Waals surface area contributed by atoms with Gasteiger partial charge in [0.05, 0.1) is 30.9 Å². The normalized spacial score (nSPS) is 40.7. The highest BCUT2D eigenvalue weighted by Gasteiger charge is 2.53. The van der Waals surface area contributed by atoms with Gasteiger partial charge >= 0.3 is 0 Å². The van der Waals surface area contributed by atoms with Crippen LogP contribution in [0.5, 0.6) is 23.0 Å². The molecule has 19 heteroatoms. The molecule has 0 aromatic heterocycles. The molecule has 3 saturated heterocycles. The van der Waals surface area contributed by atoms with E-state index in [2.05, 4.69) is 4.74 Å². The monoisotopic (exact) mass is 743 g/mol. The summed E-state index contributed by atoms with van der Waals surface area (Å²) < 4.78 is 39.3. The molecule has 0 aliphatic carbocycles. The van der Waals surface area contributed by atoms with Gasteiger partial charge in [-0.05, 0) is 31.2 Å². The molecule has 0 spiro atoms. The molecule has 4 aliphatic rings. The van der Waals surface area contributed by atoms with Gasteiger partial charge in [-0.15, -0.1) is 0 Å². The van der Waals surface area contributed by atoms with E-state index in [0.717, 1.165) is 6.07 Å². The standard InChI is InChI=1S/C33H42O19/c1-11-21(38)24(41)27(44)31(47-11)46-10-20-23(40)26(43)30(52-32-28(45)25(42)22(39)19(9-34)50-32)33(51-20)49-18-8-15-16(37)6-14(36)7-17(15)48-29(18)12-2-4-13(35)5-3-12/h2-8,11,19-45H,9-10H2,1H3/p+1. The predicted molar refractivity (Wildman–Crippen MR) is 169 cm³/mol. The summed E-state index contributed by atoms with van der Waals surface area (Å²) in [6, 6.07) is 8.17. The highest BCUT2D eigenvalue weighted by atomic mass is 16.8. The van der Waals surface area contributed by atoms with Crippen molar-refractivity contribution >= 4 is 6.08 Å². The lowest BCUT2D eigenvalue weighted by Crippen LogP contribution is -2.65. The van der Waals surface area contributed by atoms with E-state index >= 15 is 0 Å². The molecular formula is C33H43O19+. The number of aromatic hydroxyl groups is 4. The van der Waals surface area contributed by atoms with Gasteiger partial charge in [0.1, 0.15) is 83.9 Å². The second-order valence-corrected chi connectivity index (χ2v) is 13.0. The summed E-state index contributed by atoms with van der Waals surface area (Å²) in [5.41, 5.74) is 0.558. The maximum Gasteiger partial charge on any atom is 0.270 e. The average molecular weight is 744 g/mol. The molecule has 13 N–H and O–H groups in total. The molecule has 16 unspecified atom stereocenters. The first-order valence-corrected chi connectivity index (χ1v) is 16.4. The second kappa shape index (κ2) is 15.5. The smallest absolute Gasteiger partial charge is 0.270 e. The van der Waals surface area contributed by atoms with Gasteiger partial charge in [0, 0.05) is 12.1 Å². The second-order valence-electron chi connectivity index (χ2n) is 13.0. The molecule has 2 aromatic carbocycles. The van der Waals surface area contributed by atoms with Crippen LogP contribution in [-0.2, 0) is 28.4 Å². The Kier molecular flexibility index (Phi) is 11.5. The summed E-state index contributed by atoms with van der Waals surface area (Å²) in [7, 11) is 0. The number of phenols is 3. The van der Waals surface area contributed by atoms with Crippen molar-refractivity contribution in [3.05, 3.63) is 53.3 Å². The van der Waals surface area contributed by atoms with E-state index in [-0.39, 0.29) is 34.3 Å². The van der Waals surface area contributed by atoms with Crippen molar-refractivity contribution in [3.8, 4) is 23.0 Å². The molecule has 52 heavy (non-hydrogen) atoms. The number of hydrogen-bond acceptors (Lipinski definition) is 18. The molecular weight excluding hydrogens is 700 g/mol. The molecule has 19 nitrogen and oxygen atoms in total. The van der Waals surface area contributed by atoms with Gasteiger partial charge in [0.15, 0.2) is 24.4 Å². The van der Waals surface area contributed by atoms with Gasteiger partial charge in [-0.3, -0.25) is 0 Å². The van der Waals surface area contributed by atoms with Crippen molar-refractivity contribution in [1.82, 2.24) is 0 Å². The van der Waals surface area contributed by atoms with Crippen molar-refractivity contribution in [2.75, 3.05) is 13.2 Å². The first-order chi connectivity index (χ1) is 24.7. The van der Waals surface area contributed by atoms with Gasteiger partial charge in [-0.25, -0.2) is 0 Å². The Bertz CT molecular complexity index is 1550. The first kappa shape index (κ1) is 38.3. The Morgan fingerprint density at radius 3 is 2.00 bits per heavy atom. The SMILES string of the molecule is CC1OC(OCC2OC(OC3=Cc4c(O)cc(O)cc4[OH+]C3c3ccc(O)cc3)C(OC3OC(CO)C(O)C(O)C3O)C(O)C2O)C(O)C(O)C1O. The molecule has 6 rings (SSSR count). The molecule has 0 radical (unpaired) electrons. The van der Waals surface area contributed by atoms with Gasteiger partial charge < -0.3 is 94.4 Å². The largest absolute Gasteiger partial charge is 0.571 e. The zero-order valence-corrected chi connectivity index (χ0v) is 27.5. The minimum Gasteiger partial charge on any atom is -0.571 e. The van der Waals surface area contributed by atoms with E-state index in [1.807, 2.05) is 0 Å². The van der Waals surface area contributed by atoms with Crippen LogP contribution in [0.15, 0.2) is 42.2 Å². The highest BCUT2D eigenvalue weighted by molar-refractivity contribution is 5.69. The van der Waals surface area contributed by atoms with E-state index in [1.165, 1.54) is 43.3 Å². The maximum atomic E-state index is 11.4. The van der Waals surface area contributed by atoms with Crippen LogP contribution >= 0.6 is 0 Å².